The van der Waals surface area contributed by atoms with Crippen molar-refractivity contribution in [1.82, 2.24) is 20.5 Å². The first-order valence-electron chi connectivity index (χ1n) is 12.7. The zero-order chi connectivity index (χ0) is 27.6. The number of carbonyl (C=O) groups excluding carboxylic acids is 2. The molecule has 0 fully saturated rings. The minimum Gasteiger partial charge on any atom is -0.398 e. The van der Waals surface area contributed by atoms with Gasteiger partial charge >= 0.3 is 0 Å². The van der Waals surface area contributed by atoms with Crippen molar-refractivity contribution in [1.29, 1.82) is 5.41 Å². The Morgan fingerprint density at radius 3 is 2.62 bits per heavy atom. The number of likely N-dealkylation sites (N-methyl/N-ethyl adjacent to an activating group) is 1. The second-order valence-corrected chi connectivity index (χ2v) is 10.3. The number of hydrogen-bond acceptors (Lipinski definition) is 9. The number of nitrogen functional groups attached to an aromatic ring is 1. The van der Waals surface area contributed by atoms with E-state index in [-0.39, 0.29) is 24.4 Å². The molecule has 10 nitrogen and oxygen atoms in total. The monoisotopic (exact) mass is 544 g/mol. The lowest BCUT2D eigenvalue weighted by molar-refractivity contribution is -0.121. The highest BCUT2D eigenvalue weighted by Gasteiger charge is 2.18. The maximum Gasteiger partial charge on any atom is 0.230 e. The lowest BCUT2D eigenvalue weighted by atomic mass is 10.0. The van der Waals surface area contributed by atoms with Crippen LogP contribution in [0.15, 0.2) is 65.8 Å². The maximum atomic E-state index is 12.5. The van der Waals surface area contributed by atoms with Gasteiger partial charge < -0.3 is 21.8 Å². The lowest BCUT2D eigenvalue weighted by Gasteiger charge is -2.27. The summed E-state index contributed by atoms with van der Waals surface area (Å²) in [7, 11) is 1.85. The number of anilines is 2. The van der Waals surface area contributed by atoms with Gasteiger partial charge in [0.25, 0.3) is 0 Å². The van der Waals surface area contributed by atoms with Crippen molar-refractivity contribution < 1.29 is 9.59 Å². The van der Waals surface area contributed by atoms with Crippen molar-refractivity contribution in [3.05, 3.63) is 82.4 Å². The zero-order valence-electron chi connectivity index (χ0n) is 21.8. The molecule has 1 aliphatic rings. The van der Waals surface area contributed by atoms with Crippen LogP contribution in [0.1, 0.15) is 41.0 Å². The number of unbranched alkanes of at least 4 members (excludes halogenated alkanes) is 1. The Bertz CT molecular complexity index is 1370. The Morgan fingerprint density at radius 2 is 1.85 bits per heavy atom. The summed E-state index contributed by atoms with van der Waals surface area (Å²) < 4.78 is 0. The van der Waals surface area contributed by atoms with E-state index in [1.807, 2.05) is 49.5 Å². The Balaban J connectivity index is 1.17. The number of aromatic nitrogens is 2. The molecule has 0 spiro atoms. The van der Waals surface area contributed by atoms with Crippen molar-refractivity contribution in [2.24, 2.45) is 5.10 Å². The Hall–Kier alpha value is -4.38. The van der Waals surface area contributed by atoms with E-state index in [0.29, 0.717) is 28.4 Å². The van der Waals surface area contributed by atoms with E-state index in [1.54, 1.807) is 23.2 Å². The van der Waals surface area contributed by atoms with Crippen LogP contribution in [0.2, 0.25) is 0 Å². The Labute approximate surface area is 231 Å². The second-order valence-electron chi connectivity index (χ2n) is 9.20. The van der Waals surface area contributed by atoms with Gasteiger partial charge in [-0.15, -0.1) is 10.2 Å². The van der Waals surface area contributed by atoms with Crippen LogP contribution in [-0.2, 0) is 28.9 Å². The highest BCUT2D eigenvalue weighted by atomic mass is 32.1. The fraction of sp³-hybridized carbons (Fsp3) is 0.286. The minimum absolute atomic E-state index is 0.0464. The summed E-state index contributed by atoms with van der Waals surface area (Å²) in [6.45, 7) is 0. The summed E-state index contributed by atoms with van der Waals surface area (Å²) in [4.78, 5) is 24.8. The maximum absolute atomic E-state index is 12.5. The molecular formula is C28H32N8O2S. The van der Waals surface area contributed by atoms with E-state index in [9.17, 15) is 9.59 Å². The second kappa shape index (κ2) is 13.4. The molecule has 2 amide bonds. The number of allylic oxidation sites excluding steroid dienone is 1. The molecule has 11 heteroatoms. The highest BCUT2D eigenvalue weighted by Crippen LogP contribution is 2.20. The molecule has 1 aliphatic heterocycles. The summed E-state index contributed by atoms with van der Waals surface area (Å²) in [6, 6.07) is 14.9. The molecule has 39 heavy (non-hydrogen) atoms. The van der Waals surface area contributed by atoms with E-state index < -0.39 is 0 Å². The molecule has 0 aliphatic carbocycles. The molecule has 4 rings (SSSR count). The number of benzene rings is 2. The van der Waals surface area contributed by atoms with Gasteiger partial charge in [-0.25, -0.2) is 0 Å². The summed E-state index contributed by atoms with van der Waals surface area (Å²) in [5.74, 6) is -0.276. The van der Waals surface area contributed by atoms with Crippen molar-refractivity contribution in [3.8, 4) is 0 Å². The van der Waals surface area contributed by atoms with Crippen LogP contribution >= 0.6 is 11.3 Å². The number of amides is 2. The van der Waals surface area contributed by atoms with Crippen LogP contribution in [0.4, 0.5) is 10.8 Å². The topological polar surface area (TPSA) is 149 Å². The summed E-state index contributed by atoms with van der Waals surface area (Å²) in [6.07, 6.45) is 8.65. The fourth-order valence-electron chi connectivity index (χ4n) is 4.18. The van der Waals surface area contributed by atoms with Gasteiger partial charge in [0.05, 0.1) is 18.6 Å². The standard InChI is InChI=1S/C28H32N8O2S/c1-36-24(31-25(37)16-19-8-3-2-4-9-19)15-14-21(35-36)11-5-6-13-27-33-34-28(39-27)32-26(38)17-20-10-7-12-23(30)22(20)18-29/h2-4,7-10,12,14-15,18,24,29H,5-6,11,13,16-17,30H2,1H3,(H,31,37)(H,32,34,38). The number of hydrogen-bond donors (Lipinski definition) is 4. The van der Waals surface area contributed by atoms with Crippen LogP contribution in [0.5, 0.6) is 0 Å². The average molecular weight is 545 g/mol. The van der Waals surface area contributed by atoms with Gasteiger partial charge in [0.15, 0.2) is 0 Å². The number of hydrazone groups is 1. The van der Waals surface area contributed by atoms with Crippen molar-refractivity contribution in [3.63, 3.8) is 0 Å². The molecule has 0 saturated carbocycles. The number of rotatable bonds is 12. The number of aryl methyl sites for hydroxylation is 1. The first-order valence-corrected chi connectivity index (χ1v) is 13.5. The smallest absolute Gasteiger partial charge is 0.230 e. The minimum atomic E-state index is -0.268. The quantitative estimate of drug-likeness (QED) is 0.156. The number of nitrogens with two attached hydrogens (primary N) is 1. The summed E-state index contributed by atoms with van der Waals surface area (Å²) >= 11 is 1.36. The van der Waals surface area contributed by atoms with Crippen molar-refractivity contribution in [2.45, 2.75) is 44.7 Å². The van der Waals surface area contributed by atoms with Crippen LogP contribution in [0.25, 0.3) is 0 Å². The van der Waals surface area contributed by atoms with Gasteiger partial charge in [-0.1, -0.05) is 53.8 Å². The van der Waals surface area contributed by atoms with E-state index in [0.717, 1.165) is 48.2 Å². The van der Waals surface area contributed by atoms with E-state index in [1.165, 1.54) is 11.3 Å². The first kappa shape index (κ1) is 27.6. The molecule has 1 aromatic heterocycles. The largest absolute Gasteiger partial charge is 0.398 e. The van der Waals surface area contributed by atoms with Crippen molar-refractivity contribution >= 4 is 45.9 Å². The molecule has 0 bridgehead atoms. The van der Waals surface area contributed by atoms with Gasteiger partial charge in [0.1, 0.15) is 11.2 Å². The first-order chi connectivity index (χ1) is 18.9. The molecule has 1 atom stereocenters. The van der Waals surface area contributed by atoms with Gasteiger partial charge in [0.2, 0.25) is 16.9 Å². The average Bonchev–Trinajstić information content (AvgIpc) is 3.35. The molecule has 0 radical (unpaired) electrons. The molecule has 1 unspecified atom stereocenters. The lowest BCUT2D eigenvalue weighted by Crippen LogP contribution is -2.45. The van der Waals surface area contributed by atoms with Crippen molar-refractivity contribution in [2.75, 3.05) is 18.1 Å². The highest BCUT2D eigenvalue weighted by molar-refractivity contribution is 7.15. The number of carbonyl (C=O) groups is 2. The van der Waals surface area contributed by atoms with E-state index in [2.05, 4.69) is 25.9 Å². The fourth-order valence-corrected chi connectivity index (χ4v) is 4.98. The SMILES string of the molecule is CN1N=C(CCCCc2nnc(NC(=O)Cc3cccc(N)c3C=N)s2)C=CC1NC(=O)Cc1ccccc1. The molecular weight excluding hydrogens is 512 g/mol. The molecule has 202 valence electrons. The van der Waals surface area contributed by atoms with Crippen LogP contribution < -0.4 is 16.4 Å². The van der Waals surface area contributed by atoms with Crippen LogP contribution in [0.3, 0.4) is 0 Å². The van der Waals surface area contributed by atoms with Crippen LogP contribution in [0, 0.1) is 5.41 Å². The Kier molecular flexibility index (Phi) is 9.52. The molecule has 5 N–H and O–H groups in total. The van der Waals surface area contributed by atoms with Gasteiger partial charge in [0, 0.05) is 30.9 Å². The number of nitrogens with zero attached hydrogens (tertiary/aromatic N) is 4. The third-order valence-corrected chi connectivity index (χ3v) is 7.09. The molecule has 0 saturated heterocycles. The third-order valence-electron chi connectivity index (χ3n) is 6.19. The predicted octanol–water partition coefficient (Wildman–Crippen LogP) is 3.55. The Morgan fingerprint density at radius 1 is 1.05 bits per heavy atom. The molecule has 2 aromatic carbocycles. The molecule has 2 heterocycles. The van der Waals surface area contributed by atoms with Gasteiger partial charge in [-0.05, 0) is 48.6 Å². The number of nitrogens with one attached hydrogen (secondary N) is 3. The van der Waals surface area contributed by atoms with Crippen LogP contribution in [-0.4, -0.2) is 52.2 Å². The summed E-state index contributed by atoms with van der Waals surface area (Å²) in [5.41, 5.74) is 9.54. The van der Waals surface area contributed by atoms with Gasteiger partial charge in [-0.3, -0.25) is 14.6 Å². The van der Waals surface area contributed by atoms with E-state index >= 15 is 0 Å². The zero-order valence-corrected chi connectivity index (χ0v) is 22.6. The van der Waals surface area contributed by atoms with Gasteiger partial charge in [-0.2, -0.15) is 5.10 Å². The predicted molar refractivity (Wildman–Crippen MR) is 155 cm³/mol. The normalized spacial score (nSPS) is 14.5. The van der Waals surface area contributed by atoms with E-state index in [4.69, 9.17) is 11.1 Å². The third kappa shape index (κ3) is 8.05. The molecule has 3 aromatic rings. The summed E-state index contributed by atoms with van der Waals surface area (Å²) in [5, 5.41) is 29.3.